The number of rotatable bonds is 64. The topological polar surface area (TPSA) is 69.6 Å². The summed E-state index contributed by atoms with van der Waals surface area (Å²) in [5.74, 6) is -0.0202. The second-order valence-corrected chi connectivity index (χ2v) is 23.6. The number of hydrogen-bond donors (Lipinski definition) is 3. The second kappa shape index (κ2) is 63.7. The zero-order chi connectivity index (χ0) is 51.3. The highest BCUT2D eigenvalue weighted by Crippen LogP contribution is 2.20. The Morgan fingerprint density at radius 3 is 0.634 bits per heavy atom. The Kier molecular flexibility index (Phi) is 63.1. The van der Waals surface area contributed by atoms with Crippen LogP contribution in [0.15, 0.2) is 0 Å². The van der Waals surface area contributed by atoms with Gasteiger partial charge in [0.2, 0.25) is 5.91 Å². The van der Waals surface area contributed by atoms with Gasteiger partial charge in [-0.1, -0.05) is 386 Å². The standard InChI is InChI=1S/C67H135NO3/c1-3-5-7-9-11-13-15-17-19-21-23-25-26-27-28-29-30-31-32-33-34-35-36-37-38-39-40-41-42-43-45-47-49-51-53-55-57-59-61-63-67(71)68-65(64-69)66(70)62-60-58-56-54-52-50-48-46-44-24-22-20-18-16-14-12-10-8-6-4-2/h65-66,69-70H,3-64H2,1-2H3,(H,68,71). The number of carbonyl (C=O) groups excluding carboxylic acids is 1. The van der Waals surface area contributed by atoms with Crippen LogP contribution in [0.1, 0.15) is 406 Å². The predicted octanol–water partition coefficient (Wildman–Crippen LogP) is 22.7. The molecule has 426 valence electrons. The van der Waals surface area contributed by atoms with Crippen LogP contribution in [0.4, 0.5) is 0 Å². The van der Waals surface area contributed by atoms with Gasteiger partial charge in [0.15, 0.2) is 0 Å². The van der Waals surface area contributed by atoms with E-state index in [9.17, 15) is 15.0 Å². The summed E-state index contributed by atoms with van der Waals surface area (Å²) in [6.45, 7) is 4.41. The van der Waals surface area contributed by atoms with Crippen LogP contribution in [0.5, 0.6) is 0 Å². The summed E-state index contributed by atoms with van der Waals surface area (Å²) in [6, 6.07) is -0.532. The van der Waals surface area contributed by atoms with Gasteiger partial charge in [-0.15, -0.1) is 0 Å². The Labute approximate surface area is 448 Å². The molecule has 0 saturated heterocycles. The molecule has 4 nitrogen and oxygen atoms in total. The SMILES string of the molecule is CCCCCCCCCCCCCCCCCCCCCCCCCCCCCCCCCCCCCCCCCC(=O)NC(CO)C(O)CCCCCCCCCCCCCCCCCCCCCC. The fraction of sp³-hybridized carbons (Fsp3) is 0.985. The van der Waals surface area contributed by atoms with E-state index in [-0.39, 0.29) is 12.5 Å². The maximum atomic E-state index is 12.5. The summed E-state index contributed by atoms with van der Waals surface area (Å²) in [7, 11) is 0. The Morgan fingerprint density at radius 1 is 0.282 bits per heavy atom. The van der Waals surface area contributed by atoms with E-state index in [0.717, 1.165) is 25.7 Å². The van der Waals surface area contributed by atoms with Crippen molar-refractivity contribution in [3.63, 3.8) is 0 Å². The highest BCUT2D eigenvalue weighted by molar-refractivity contribution is 5.76. The minimum atomic E-state index is -0.655. The van der Waals surface area contributed by atoms with Crippen molar-refractivity contribution >= 4 is 5.91 Å². The Balaban J connectivity index is 3.33. The molecular weight excluding hydrogens is 867 g/mol. The third-order valence-corrected chi connectivity index (χ3v) is 16.4. The summed E-state index contributed by atoms with van der Waals surface area (Å²) < 4.78 is 0. The summed E-state index contributed by atoms with van der Waals surface area (Å²) in [5.41, 5.74) is 0. The fourth-order valence-corrected chi connectivity index (χ4v) is 11.3. The zero-order valence-electron chi connectivity index (χ0n) is 49.3. The lowest BCUT2D eigenvalue weighted by molar-refractivity contribution is -0.123. The Morgan fingerprint density at radius 2 is 0.451 bits per heavy atom. The number of hydrogen-bond acceptors (Lipinski definition) is 3. The van der Waals surface area contributed by atoms with Crippen LogP contribution in [0.3, 0.4) is 0 Å². The normalized spacial score (nSPS) is 12.6. The molecule has 2 atom stereocenters. The van der Waals surface area contributed by atoms with E-state index >= 15 is 0 Å². The summed E-state index contributed by atoms with van der Waals surface area (Å²) in [6.07, 6.45) is 83.0. The Bertz CT molecular complexity index is 956. The maximum absolute atomic E-state index is 12.5. The molecule has 2 unspecified atom stereocenters. The zero-order valence-corrected chi connectivity index (χ0v) is 49.3. The molecular formula is C67H135NO3. The van der Waals surface area contributed by atoms with Crippen LogP contribution in [-0.4, -0.2) is 34.9 Å². The summed E-state index contributed by atoms with van der Waals surface area (Å²) >= 11 is 0. The molecule has 0 aromatic heterocycles. The van der Waals surface area contributed by atoms with Gasteiger partial charge in [0.1, 0.15) is 0 Å². The van der Waals surface area contributed by atoms with Gasteiger partial charge in [-0.2, -0.15) is 0 Å². The summed E-state index contributed by atoms with van der Waals surface area (Å²) in [4.78, 5) is 12.5. The van der Waals surface area contributed by atoms with Crippen LogP contribution in [0.2, 0.25) is 0 Å². The van der Waals surface area contributed by atoms with Crippen molar-refractivity contribution < 1.29 is 15.0 Å². The van der Waals surface area contributed by atoms with Crippen molar-refractivity contribution in [2.45, 2.75) is 418 Å². The number of unbranched alkanes of at least 4 members (excludes halogenated alkanes) is 57. The molecule has 0 radical (unpaired) electrons. The number of carbonyl (C=O) groups is 1. The first kappa shape index (κ1) is 70.4. The first-order chi connectivity index (χ1) is 35.2. The average Bonchev–Trinajstić information content (AvgIpc) is 3.37. The largest absolute Gasteiger partial charge is 0.394 e. The molecule has 0 fully saturated rings. The molecule has 0 spiro atoms. The number of nitrogens with one attached hydrogen (secondary N) is 1. The van der Waals surface area contributed by atoms with Crippen LogP contribution in [0.25, 0.3) is 0 Å². The highest BCUT2D eigenvalue weighted by Gasteiger charge is 2.20. The van der Waals surface area contributed by atoms with Crippen molar-refractivity contribution in [3.8, 4) is 0 Å². The first-order valence-electron chi connectivity index (χ1n) is 33.7. The number of aliphatic hydroxyl groups is 2. The lowest BCUT2D eigenvalue weighted by atomic mass is 10.0. The van der Waals surface area contributed by atoms with Gasteiger partial charge in [-0.3, -0.25) is 4.79 Å². The maximum Gasteiger partial charge on any atom is 0.220 e. The average molecular weight is 1000 g/mol. The highest BCUT2D eigenvalue weighted by atomic mass is 16.3. The number of aliphatic hydroxyl groups excluding tert-OH is 2. The van der Waals surface area contributed by atoms with Crippen molar-refractivity contribution in [3.05, 3.63) is 0 Å². The third kappa shape index (κ3) is 60.1. The van der Waals surface area contributed by atoms with Gasteiger partial charge in [-0.05, 0) is 12.8 Å². The van der Waals surface area contributed by atoms with Gasteiger partial charge < -0.3 is 15.5 Å². The molecule has 71 heavy (non-hydrogen) atoms. The minimum absolute atomic E-state index is 0.0202. The van der Waals surface area contributed by atoms with Gasteiger partial charge in [-0.25, -0.2) is 0 Å². The quantitative estimate of drug-likeness (QED) is 0.0532. The lowest BCUT2D eigenvalue weighted by Crippen LogP contribution is -2.45. The van der Waals surface area contributed by atoms with Crippen LogP contribution in [0, 0.1) is 0 Å². The molecule has 0 heterocycles. The molecule has 0 aliphatic rings. The van der Waals surface area contributed by atoms with Gasteiger partial charge in [0.25, 0.3) is 0 Å². The molecule has 3 N–H and O–H groups in total. The van der Waals surface area contributed by atoms with Crippen molar-refractivity contribution in [1.29, 1.82) is 0 Å². The molecule has 0 bridgehead atoms. The lowest BCUT2D eigenvalue weighted by Gasteiger charge is -2.22. The molecule has 0 saturated carbocycles. The second-order valence-electron chi connectivity index (χ2n) is 23.6. The van der Waals surface area contributed by atoms with Crippen LogP contribution in [-0.2, 0) is 4.79 Å². The van der Waals surface area contributed by atoms with E-state index in [4.69, 9.17) is 0 Å². The first-order valence-corrected chi connectivity index (χ1v) is 33.7. The van der Waals surface area contributed by atoms with E-state index in [1.165, 1.54) is 353 Å². The minimum Gasteiger partial charge on any atom is -0.394 e. The van der Waals surface area contributed by atoms with E-state index < -0.39 is 12.1 Å². The predicted molar refractivity (Wildman–Crippen MR) is 318 cm³/mol. The summed E-state index contributed by atoms with van der Waals surface area (Å²) in [5, 5.41) is 23.4. The van der Waals surface area contributed by atoms with E-state index in [1.54, 1.807) is 0 Å². The third-order valence-electron chi connectivity index (χ3n) is 16.4. The van der Waals surface area contributed by atoms with Gasteiger partial charge in [0, 0.05) is 6.42 Å². The van der Waals surface area contributed by atoms with E-state index in [1.807, 2.05) is 0 Å². The van der Waals surface area contributed by atoms with E-state index in [2.05, 4.69) is 19.2 Å². The molecule has 1 amide bonds. The van der Waals surface area contributed by atoms with Crippen LogP contribution >= 0.6 is 0 Å². The Hall–Kier alpha value is -0.610. The van der Waals surface area contributed by atoms with Crippen molar-refractivity contribution in [2.24, 2.45) is 0 Å². The molecule has 0 rings (SSSR count). The fourth-order valence-electron chi connectivity index (χ4n) is 11.3. The van der Waals surface area contributed by atoms with Gasteiger partial charge >= 0.3 is 0 Å². The van der Waals surface area contributed by atoms with Crippen LogP contribution < -0.4 is 5.32 Å². The van der Waals surface area contributed by atoms with Crippen molar-refractivity contribution in [2.75, 3.05) is 6.61 Å². The van der Waals surface area contributed by atoms with Crippen molar-refractivity contribution in [1.82, 2.24) is 5.32 Å². The monoisotopic (exact) mass is 1000 g/mol. The number of amides is 1. The molecule has 0 aliphatic heterocycles. The molecule has 0 aromatic carbocycles. The van der Waals surface area contributed by atoms with Gasteiger partial charge in [0.05, 0.1) is 18.8 Å². The molecule has 0 aromatic rings. The molecule has 0 aliphatic carbocycles. The molecule has 4 heteroatoms. The smallest absolute Gasteiger partial charge is 0.220 e. The van der Waals surface area contributed by atoms with E-state index in [0.29, 0.717) is 12.8 Å².